The lowest BCUT2D eigenvalue weighted by atomic mass is 10.2. The Kier molecular flexibility index (Phi) is 5.47. The molecule has 0 bridgehead atoms. The Hall–Kier alpha value is -3.76. The van der Waals surface area contributed by atoms with E-state index in [1.165, 1.54) is 26.2 Å². The number of sulfone groups is 1. The zero-order valence-electron chi connectivity index (χ0n) is 19.0. The van der Waals surface area contributed by atoms with Gasteiger partial charge in [0.05, 0.1) is 17.7 Å². The van der Waals surface area contributed by atoms with Crippen molar-refractivity contribution < 1.29 is 39.7 Å². The lowest BCUT2D eigenvalue weighted by Gasteiger charge is -2.18. The van der Waals surface area contributed by atoms with Crippen LogP contribution < -0.4 is 4.85 Å². The molecular formula is C20H16F5N7O4S. The van der Waals surface area contributed by atoms with Crippen molar-refractivity contribution in [3.63, 3.8) is 0 Å². The second kappa shape index (κ2) is 8.12. The first-order chi connectivity index (χ1) is 17.2. The van der Waals surface area contributed by atoms with Gasteiger partial charge >= 0.3 is 17.7 Å². The molecule has 0 aliphatic heterocycles. The van der Waals surface area contributed by atoms with Crippen LogP contribution in [0.25, 0.3) is 34.1 Å². The highest BCUT2D eigenvalue weighted by Crippen LogP contribution is 2.43. The zero-order chi connectivity index (χ0) is 26.9. The summed E-state index contributed by atoms with van der Waals surface area (Å²) >= 11 is 0. The normalized spacial score (nSPS) is 15.0. The molecule has 0 unspecified atom stereocenters. The van der Waals surface area contributed by atoms with Crippen molar-refractivity contribution in [3.05, 3.63) is 35.1 Å². The summed E-state index contributed by atoms with van der Waals surface area (Å²) < 4.78 is 98.3. The van der Waals surface area contributed by atoms with E-state index < -0.39 is 43.6 Å². The Morgan fingerprint density at radius 3 is 2.51 bits per heavy atom. The van der Waals surface area contributed by atoms with Crippen LogP contribution in [0.3, 0.4) is 0 Å². The Morgan fingerprint density at radius 1 is 1.19 bits per heavy atom. The number of pyridine rings is 1. The maximum Gasteiger partial charge on any atom is 0.459 e. The molecular weight excluding hydrogens is 529 g/mol. The Morgan fingerprint density at radius 2 is 1.89 bits per heavy atom. The number of imidazole rings is 1. The first kappa shape index (κ1) is 24.9. The molecule has 37 heavy (non-hydrogen) atoms. The van der Waals surface area contributed by atoms with Crippen molar-refractivity contribution in [1.29, 1.82) is 0 Å². The molecule has 0 spiro atoms. The fraction of sp³-hybridized carbons (Fsp3) is 0.400. The van der Waals surface area contributed by atoms with Gasteiger partial charge in [0.1, 0.15) is 5.69 Å². The van der Waals surface area contributed by atoms with E-state index in [4.69, 9.17) is 4.52 Å². The molecule has 0 atom stereocenters. The minimum absolute atomic E-state index is 0.0964. The van der Waals surface area contributed by atoms with E-state index in [1.807, 2.05) is 0 Å². The minimum Gasteiger partial charge on any atom is -0.691 e. The molecule has 196 valence electrons. The number of fused-ring (bicyclic) bond motifs is 1. The largest absolute Gasteiger partial charge is 0.691 e. The topological polar surface area (TPSA) is 144 Å². The number of aromatic nitrogens is 7. The van der Waals surface area contributed by atoms with Crippen LogP contribution in [0, 0.1) is 5.21 Å². The molecule has 0 radical (unpaired) electrons. The van der Waals surface area contributed by atoms with Crippen LogP contribution in [0.2, 0.25) is 0 Å². The van der Waals surface area contributed by atoms with Crippen LogP contribution >= 0.6 is 0 Å². The molecule has 0 aromatic carbocycles. The third kappa shape index (κ3) is 4.06. The molecule has 4 heterocycles. The van der Waals surface area contributed by atoms with E-state index in [1.54, 1.807) is 0 Å². The van der Waals surface area contributed by atoms with Crippen LogP contribution in [0.5, 0.6) is 0 Å². The number of alkyl halides is 5. The second-order valence-corrected chi connectivity index (χ2v) is 10.6. The van der Waals surface area contributed by atoms with E-state index in [9.17, 15) is 35.6 Å². The number of nitrogens with zero attached hydrogens (tertiary/aromatic N) is 7. The third-order valence-corrected chi connectivity index (χ3v) is 7.57. The van der Waals surface area contributed by atoms with E-state index in [2.05, 4.69) is 25.2 Å². The van der Waals surface area contributed by atoms with Gasteiger partial charge in [-0.2, -0.15) is 31.9 Å². The highest BCUT2D eigenvalue weighted by Gasteiger charge is 2.61. The molecule has 0 N–H and O–H groups in total. The van der Waals surface area contributed by atoms with Crippen LogP contribution in [-0.2, 0) is 22.8 Å². The molecule has 1 aliphatic rings. The van der Waals surface area contributed by atoms with Gasteiger partial charge in [0.2, 0.25) is 17.5 Å². The van der Waals surface area contributed by atoms with E-state index >= 15 is 0 Å². The number of hydrogen-bond acceptors (Lipinski definition) is 9. The Labute approximate surface area is 204 Å². The van der Waals surface area contributed by atoms with Crippen molar-refractivity contribution in [2.24, 2.45) is 7.05 Å². The SMILES string of the molecule is CCS(=O)(=O)c1cc(-c2noc(C3CC3)n2)cnc1-c1nc2cc(C(F)(F)C(F)(F)F)n[n+]([O-])c2n1C. The first-order valence-electron chi connectivity index (χ1n) is 10.7. The van der Waals surface area contributed by atoms with Crippen LogP contribution in [0.1, 0.15) is 37.3 Å². The Balaban J connectivity index is 1.68. The van der Waals surface area contributed by atoms with Crippen LogP contribution in [-0.4, -0.2) is 50.1 Å². The predicted octanol–water partition coefficient (Wildman–Crippen LogP) is 3.04. The summed E-state index contributed by atoms with van der Waals surface area (Å²) in [6, 6.07) is 1.55. The van der Waals surface area contributed by atoms with Gasteiger partial charge < -0.3 is 9.73 Å². The smallest absolute Gasteiger partial charge is 0.459 e. The maximum atomic E-state index is 13.8. The fourth-order valence-corrected chi connectivity index (χ4v) is 4.68. The molecule has 1 fully saturated rings. The van der Waals surface area contributed by atoms with Crippen LogP contribution in [0.15, 0.2) is 27.7 Å². The number of rotatable bonds is 6. The molecule has 4 aromatic rings. The molecule has 17 heteroatoms. The molecule has 1 saturated carbocycles. The quantitative estimate of drug-likeness (QED) is 0.203. The predicted molar refractivity (Wildman–Crippen MR) is 114 cm³/mol. The van der Waals surface area contributed by atoms with E-state index in [-0.39, 0.29) is 39.5 Å². The molecule has 1 aliphatic carbocycles. The van der Waals surface area contributed by atoms with Gasteiger partial charge in [-0.3, -0.25) is 0 Å². The van der Waals surface area contributed by atoms with Crippen molar-refractivity contribution in [1.82, 2.24) is 29.8 Å². The average molecular weight is 545 g/mol. The van der Waals surface area contributed by atoms with E-state index in [0.29, 0.717) is 12.0 Å². The summed E-state index contributed by atoms with van der Waals surface area (Å²) in [4.78, 5) is 11.6. The summed E-state index contributed by atoms with van der Waals surface area (Å²) in [5.74, 6) is -5.41. The second-order valence-electron chi connectivity index (χ2n) is 8.38. The molecule has 0 amide bonds. The lowest BCUT2D eigenvalue weighted by Crippen LogP contribution is -2.41. The summed E-state index contributed by atoms with van der Waals surface area (Å²) in [6.45, 7) is 1.38. The monoisotopic (exact) mass is 545 g/mol. The maximum absolute atomic E-state index is 13.8. The first-order valence-corrected chi connectivity index (χ1v) is 12.4. The van der Waals surface area contributed by atoms with Gasteiger partial charge in [0.25, 0.3) is 0 Å². The fourth-order valence-electron chi connectivity index (χ4n) is 3.62. The highest BCUT2D eigenvalue weighted by molar-refractivity contribution is 7.91. The number of hydrogen-bond donors (Lipinski definition) is 0. The summed E-state index contributed by atoms with van der Waals surface area (Å²) in [5, 5.41) is 19.0. The van der Waals surface area contributed by atoms with Gasteiger partial charge in [-0.1, -0.05) is 17.2 Å². The van der Waals surface area contributed by atoms with Gasteiger partial charge in [0, 0.05) is 23.7 Å². The van der Waals surface area contributed by atoms with Gasteiger partial charge in [-0.15, -0.1) is 4.85 Å². The van der Waals surface area contributed by atoms with Gasteiger partial charge in [0.15, 0.2) is 21.0 Å². The molecule has 11 nitrogen and oxygen atoms in total. The summed E-state index contributed by atoms with van der Waals surface area (Å²) in [5.41, 5.74) is -2.98. The zero-order valence-corrected chi connectivity index (χ0v) is 19.8. The van der Waals surface area contributed by atoms with Crippen molar-refractivity contribution in [3.8, 4) is 22.9 Å². The molecule has 0 saturated heterocycles. The highest BCUT2D eigenvalue weighted by atomic mass is 32.2. The van der Waals surface area contributed by atoms with Crippen LogP contribution in [0.4, 0.5) is 22.0 Å². The van der Waals surface area contributed by atoms with Gasteiger partial charge in [-0.05, 0) is 18.9 Å². The summed E-state index contributed by atoms with van der Waals surface area (Å²) in [6.07, 6.45) is -2.98. The van der Waals surface area contributed by atoms with Crippen molar-refractivity contribution in [2.45, 2.75) is 42.7 Å². The third-order valence-electron chi connectivity index (χ3n) is 5.83. The lowest BCUT2D eigenvalue weighted by molar-refractivity contribution is -0.647. The van der Waals surface area contributed by atoms with Crippen molar-refractivity contribution in [2.75, 3.05) is 5.75 Å². The van der Waals surface area contributed by atoms with Gasteiger partial charge in [-0.25, -0.2) is 18.0 Å². The Bertz CT molecular complexity index is 1640. The number of halogens is 5. The van der Waals surface area contributed by atoms with E-state index in [0.717, 1.165) is 17.4 Å². The molecule has 4 aromatic heterocycles. The average Bonchev–Trinajstić information content (AvgIpc) is 3.46. The molecule has 5 rings (SSSR count). The van der Waals surface area contributed by atoms with Crippen molar-refractivity contribution >= 4 is 21.0 Å². The minimum atomic E-state index is -6.01. The number of aryl methyl sites for hydroxylation is 1. The standard InChI is InChI=1S/C20H16F5N7O4S/c1-3-37(34,35)12-6-10(15-28-17(36-30-15)9-4-5-9)8-26-14(12)16-27-11-7-13(19(21,22)20(23,24)25)29-32(33)18(11)31(16)2/h6-9H,3-5H2,1-2H3. The summed E-state index contributed by atoms with van der Waals surface area (Å²) in [7, 11) is -2.75.